The number of nitrogens with one attached hydrogen (secondary N) is 2. The van der Waals surface area contributed by atoms with Crippen molar-refractivity contribution < 1.29 is 47.7 Å². The average Bonchev–Trinajstić information content (AvgIpc) is 3.30. The molecule has 0 spiro atoms. The minimum Gasteiger partial charge on any atom is -0.492 e. The summed E-state index contributed by atoms with van der Waals surface area (Å²) in [6.07, 6.45) is 7.94. The highest BCUT2D eigenvalue weighted by molar-refractivity contribution is 5.96. The maximum Gasteiger partial charge on any atom is 0.408 e. The number of ether oxygens (including phenoxy) is 5. The first-order chi connectivity index (χ1) is 25.8. The fourth-order valence-corrected chi connectivity index (χ4v) is 6.93. The molecule has 2 aromatic rings. The van der Waals surface area contributed by atoms with Crippen LogP contribution in [-0.4, -0.2) is 67.9 Å². The van der Waals surface area contributed by atoms with E-state index in [2.05, 4.69) is 10.6 Å². The molecule has 2 aromatic carbocycles. The van der Waals surface area contributed by atoms with Crippen LogP contribution in [0, 0.1) is 5.92 Å². The van der Waals surface area contributed by atoms with Crippen molar-refractivity contribution in [3.8, 4) is 11.5 Å². The zero-order valence-corrected chi connectivity index (χ0v) is 32.4. The van der Waals surface area contributed by atoms with Crippen molar-refractivity contribution in [1.29, 1.82) is 0 Å². The molecule has 2 aliphatic rings. The molecule has 0 aliphatic heterocycles. The first kappa shape index (κ1) is 41.9. The second-order valence-electron chi connectivity index (χ2n) is 15.0. The van der Waals surface area contributed by atoms with Crippen LogP contribution in [0.2, 0.25) is 0 Å². The van der Waals surface area contributed by atoms with E-state index in [4.69, 9.17) is 29.4 Å². The smallest absolute Gasteiger partial charge is 0.408 e. The van der Waals surface area contributed by atoms with Gasteiger partial charge in [0.05, 0.1) is 37.8 Å². The topological polar surface area (TPSA) is 182 Å². The van der Waals surface area contributed by atoms with E-state index in [0.29, 0.717) is 35.8 Å². The van der Waals surface area contributed by atoms with Crippen LogP contribution in [0.4, 0.5) is 4.79 Å². The molecule has 13 nitrogen and oxygen atoms in total. The lowest BCUT2D eigenvalue weighted by Crippen LogP contribution is -2.50. The van der Waals surface area contributed by atoms with Crippen molar-refractivity contribution in [3.63, 3.8) is 0 Å². The third-order valence-electron chi connectivity index (χ3n) is 9.45. The molecule has 0 unspecified atom stereocenters. The Balaban J connectivity index is 1.61. The van der Waals surface area contributed by atoms with E-state index in [9.17, 15) is 24.0 Å². The fraction of sp³-hybridized carbons (Fsp3) is 0.585. The van der Waals surface area contributed by atoms with E-state index < -0.39 is 47.5 Å². The highest BCUT2D eigenvalue weighted by atomic mass is 16.6. The molecule has 296 valence electrons. The number of carbonyl (C=O) groups is 5. The van der Waals surface area contributed by atoms with E-state index in [1.54, 1.807) is 58.9 Å². The van der Waals surface area contributed by atoms with Gasteiger partial charge in [0, 0.05) is 12.0 Å². The lowest BCUT2D eigenvalue weighted by atomic mass is 9.90. The van der Waals surface area contributed by atoms with Gasteiger partial charge in [0.25, 0.3) is 5.91 Å². The Hall–Kier alpha value is -4.81. The summed E-state index contributed by atoms with van der Waals surface area (Å²) in [5, 5.41) is 5.88. The predicted octanol–water partition coefficient (Wildman–Crippen LogP) is 5.81. The summed E-state index contributed by atoms with van der Waals surface area (Å²) < 4.78 is 27.6. The van der Waals surface area contributed by atoms with Crippen molar-refractivity contribution in [2.75, 3.05) is 26.4 Å². The summed E-state index contributed by atoms with van der Waals surface area (Å²) >= 11 is 0. The van der Waals surface area contributed by atoms with Gasteiger partial charge < -0.3 is 40.1 Å². The van der Waals surface area contributed by atoms with Crippen LogP contribution in [-0.2, 0) is 47.9 Å². The molecular weight excluding hydrogens is 694 g/mol. The molecule has 3 amide bonds. The SMILES string of the molecule is CCOC(=O)COc1ccc(C[C@H](NC(=O)OC(C)(C)C)C(=O)N[C@H]2CCCCc3cc(OCC4CCCCC4)c(C(N)=O)cc32)cc1CC(=O)OCC. The zero-order chi connectivity index (χ0) is 39.3. The maximum atomic E-state index is 14.2. The quantitative estimate of drug-likeness (QED) is 0.108. The fourth-order valence-electron chi connectivity index (χ4n) is 6.93. The van der Waals surface area contributed by atoms with E-state index in [-0.39, 0.29) is 44.0 Å². The molecule has 2 aliphatic carbocycles. The van der Waals surface area contributed by atoms with Crippen molar-refractivity contribution >= 4 is 29.8 Å². The molecule has 13 heteroatoms. The average molecular weight is 752 g/mol. The lowest BCUT2D eigenvalue weighted by molar-refractivity contribution is -0.145. The number of primary amides is 1. The molecule has 4 N–H and O–H groups in total. The van der Waals surface area contributed by atoms with Gasteiger partial charge in [-0.2, -0.15) is 0 Å². The number of hydrogen-bond acceptors (Lipinski definition) is 10. The largest absolute Gasteiger partial charge is 0.492 e. The summed E-state index contributed by atoms with van der Waals surface area (Å²) in [6.45, 7) is 9.11. The number of esters is 2. The van der Waals surface area contributed by atoms with Gasteiger partial charge in [-0.15, -0.1) is 0 Å². The van der Waals surface area contributed by atoms with Gasteiger partial charge in [-0.1, -0.05) is 37.8 Å². The Morgan fingerprint density at radius 3 is 2.24 bits per heavy atom. The molecule has 0 radical (unpaired) electrons. The number of fused-ring (bicyclic) bond motifs is 1. The summed E-state index contributed by atoms with van der Waals surface area (Å²) in [4.78, 5) is 64.5. The standard InChI is InChI=1S/C41H57N3O10/c1-6-50-36(45)22-29-19-27(17-18-34(29)53-25-37(46)51-7-2)20-33(44-40(49)54-41(3,4)5)39(48)43-32-16-12-11-15-28-21-35(31(38(42)47)23-30(28)32)52-24-26-13-9-8-10-14-26/h17-19,21,23,26,32-33H,6-16,20,22,24-25H2,1-5H3,(H2,42,47)(H,43,48)(H,44,49)/t32-,33-/m0/s1. The highest BCUT2D eigenvalue weighted by Gasteiger charge is 2.30. The first-order valence-corrected chi connectivity index (χ1v) is 19.2. The molecule has 2 atom stereocenters. The number of amides is 3. The molecule has 54 heavy (non-hydrogen) atoms. The van der Waals surface area contributed by atoms with Crippen molar-refractivity contribution in [2.45, 2.75) is 123 Å². The van der Waals surface area contributed by atoms with Crippen LogP contribution in [0.25, 0.3) is 0 Å². The van der Waals surface area contributed by atoms with Gasteiger partial charge >= 0.3 is 18.0 Å². The Kier molecular flexibility index (Phi) is 15.6. The number of alkyl carbamates (subject to hydrolysis) is 1. The van der Waals surface area contributed by atoms with Crippen molar-refractivity contribution in [3.05, 3.63) is 58.1 Å². The van der Waals surface area contributed by atoms with Crippen LogP contribution in [0.15, 0.2) is 30.3 Å². The minimum atomic E-state index is -1.10. The molecule has 0 heterocycles. The molecular formula is C41H57N3O10. The van der Waals surface area contributed by atoms with Gasteiger partial charge in [0.1, 0.15) is 23.1 Å². The molecule has 0 bridgehead atoms. The summed E-state index contributed by atoms with van der Waals surface area (Å²) in [6, 6.07) is 7.06. The normalized spacial score (nSPS) is 16.5. The van der Waals surface area contributed by atoms with Crippen molar-refractivity contribution in [1.82, 2.24) is 10.6 Å². The second-order valence-corrected chi connectivity index (χ2v) is 15.0. The molecule has 1 fully saturated rings. The van der Waals surface area contributed by atoms with Crippen molar-refractivity contribution in [2.24, 2.45) is 11.7 Å². The Morgan fingerprint density at radius 1 is 0.852 bits per heavy atom. The lowest BCUT2D eigenvalue weighted by Gasteiger charge is -2.27. The van der Waals surface area contributed by atoms with E-state index >= 15 is 0 Å². The van der Waals surface area contributed by atoms with Gasteiger partial charge in [-0.3, -0.25) is 14.4 Å². The minimum absolute atomic E-state index is 0.0269. The van der Waals surface area contributed by atoms with E-state index in [1.165, 1.54) is 19.3 Å². The van der Waals surface area contributed by atoms with E-state index in [1.807, 2.05) is 6.07 Å². The number of benzene rings is 2. The third-order valence-corrected chi connectivity index (χ3v) is 9.45. The third kappa shape index (κ3) is 12.9. The Labute approximate surface area is 318 Å². The molecule has 4 rings (SSSR count). The van der Waals surface area contributed by atoms with Crippen LogP contribution < -0.4 is 25.8 Å². The van der Waals surface area contributed by atoms with E-state index in [0.717, 1.165) is 43.2 Å². The van der Waals surface area contributed by atoms with Gasteiger partial charge in [-0.25, -0.2) is 9.59 Å². The number of carbonyl (C=O) groups excluding carboxylic acids is 5. The summed E-state index contributed by atoms with van der Waals surface area (Å²) in [5.41, 5.74) is 8.12. The number of aryl methyl sites for hydroxylation is 1. The predicted molar refractivity (Wildman–Crippen MR) is 201 cm³/mol. The van der Waals surface area contributed by atoms with Crippen LogP contribution >= 0.6 is 0 Å². The number of nitrogens with two attached hydrogens (primary N) is 1. The number of rotatable bonds is 16. The zero-order valence-electron chi connectivity index (χ0n) is 32.4. The van der Waals surface area contributed by atoms with Gasteiger partial charge in [0.2, 0.25) is 5.91 Å². The summed E-state index contributed by atoms with van der Waals surface area (Å²) in [5.74, 6) is -0.945. The highest BCUT2D eigenvalue weighted by Crippen LogP contribution is 2.35. The summed E-state index contributed by atoms with van der Waals surface area (Å²) in [7, 11) is 0. The molecule has 0 aromatic heterocycles. The monoisotopic (exact) mass is 751 g/mol. The maximum absolute atomic E-state index is 14.2. The number of hydrogen-bond donors (Lipinski definition) is 3. The molecule has 0 saturated heterocycles. The Bertz CT molecular complexity index is 1630. The van der Waals surface area contributed by atoms with Gasteiger partial charge in [0.15, 0.2) is 6.61 Å². The second kappa shape index (κ2) is 20.0. The van der Waals surface area contributed by atoms with Crippen LogP contribution in [0.1, 0.15) is 125 Å². The molecule has 1 saturated carbocycles. The first-order valence-electron chi connectivity index (χ1n) is 19.2. The van der Waals surface area contributed by atoms with Crippen LogP contribution in [0.5, 0.6) is 11.5 Å². The Morgan fingerprint density at radius 2 is 1.56 bits per heavy atom. The van der Waals surface area contributed by atoms with Crippen LogP contribution in [0.3, 0.4) is 0 Å². The van der Waals surface area contributed by atoms with Gasteiger partial charge in [-0.05, 0) is 108 Å².